The number of carbonyl (C=O) groups is 1. The zero-order chi connectivity index (χ0) is 26.7. The van der Waals surface area contributed by atoms with Gasteiger partial charge >= 0.3 is 6.18 Å². The number of hydrogen-bond acceptors (Lipinski definition) is 8. The topological polar surface area (TPSA) is 101 Å². The first kappa shape index (κ1) is 25.9. The lowest BCUT2D eigenvalue weighted by Gasteiger charge is -2.24. The van der Waals surface area contributed by atoms with Crippen molar-refractivity contribution in [2.45, 2.75) is 25.9 Å². The van der Waals surface area contributed by atoms with Crippen molar-refractivity contribution in [3.05, 3.63) is 54.4 Å². The summed E-state index contributed by atoms with van der Waals surface area (Å²) in [4.78, 5) is 24.4. The van der Waals surface area contributed by atoms with E-state index in [-0.39, 0.29) is 11.8 Å². The van der Waals surface area contributed by atoms with Crippen LogP contribution in [0.5, 0.6) is 11.6 Å². The van der Waals surface area contributed by atoms with E-state index in [1.54, 1.807) is 18.2 Å². The first-order valence-electron chi connectivity index (χ1n) is 12.1. The predicted octanol–water partition coefficient (Wildman–Crippen LogP) is 5.93. The molecule has 3 N–H and O–H groups in total. The van der Waals surface area contributed by atoms with Crippen LogP contribution in [0.3, 0.4) is 0 Å². The third-order valence-corrected chi connectivity index (χ3v) is 7.12. The zero-order valence-electron chi connectivity index (χ0n) is 20.4. The summed E-state index contributed by atoms with van der Waals surface area (Å²) in [5.74, 6) is 0.773. The van der Waals surface area contributed by atoms with E-state index in [0.717, 1.165) is 42.8 Å². The molecule has 0 atom stereocenters. The molecular formula is C26H25F3N6O2S. The predicted molar refractivity (Wildman–Crippen MR) is 141 cm³/mol. The molecule has 4 aromatic rings. The van der Waals surface area contributed by atoms with Crippen LogP contribution in [-0.4, -0.2) is 40.5 Å². The fraction of sp³-hybridized carbons (Fsp3) is 0.308. The van der Waals surface area contributed by atoms with Crippen molar-refractivity contribution in [3.8, 4) is 22.9 Å². The van der Waals surface area contributed by atoms with Gasteiger partial charge in [-0.25, -0.2) is 15.0 Å². The smallest absolute Gasteiger partial charge is 0.416 e. The number of rotatable bonds is 7. The fourth-order valence-electron chi connectivity index (χ4n) is 4.30. The zero-order valence-corrected chi connectivity index (χ0v) is 21.2. The van der Waals surface area contributed by atoms with E-state index >= 15 is 0 Å². The summed E-state index contributed by atoms with van der Waals surface area (Å²) < 4.78 is 47.3. The number of piperidine rings is 1. The van der Waals surface area contributed by atoms with Crippen LogP contribution in [0, 0.1) is 5.92 Å². The SMILES string of the molecule is CC(=O)Nc1nc2c(Oc3cc(-c4ccc(C(F)(F)F)cc4NCC4CCNCC4)ncn3)cccc2s1. The molecule has 1 saturated heterocycles. The highest BCUT2D eigenvalue weighted by molar-refractivity contribution is 7.22. The number of benzene rings is 2. The summed E-state index contributed by atoms with van der Waals surface area (Å²) in [5.41, 5.74) is 1.11. The van der Waals surface area contributed by atoms with Gasteiger partial charge in [-0.05, 0) is 56.1 Å². The molecule has 2 aromatic carbocycles. The first-order chi connectivity index (χ1) is 18.3. The number of nitrogens with zero attached hydrogens (tertiary/aromatic N) is 3. The van der Waals surface area contributed by atoms with Crippen molar-refractivity contribution in [2.24, 2.45) is 5.92 Å². The Balaban J connectivity index is 1.44. The number of amides is 1. The largest absolute Gasteiger partial charge is 0.437 e. The van der Waals surface area contributed by atoms with Crippen molar-refractivity contribution in [1.29, 1.82) is 0 Å². The van der Waals surface area contributed by atoms with Crippen LogP contribution in [0.2, 0.25) is 0 Å². The molecular weight excluding hydrogens is 517 g/mol. The van der Waals surface area contributed by atoms with Crippen molar-refractivity contribution >= 4 is 38.3 Å². The highest BCUT2D eigenvalue weighted by Crippen LogP contribution is 2.38. The monoisotopic (exact) mass is 542 g/mol. The summed E-state index contributed by atoms with van der Waals surface area (Å²) in [6, 6.07) is 10.6. The lowest BCUT2D eigenvalue weighted by molar-refractivity contribution is -0.137. The van der Waals surface area contributed by atoms with Crippen molar-refractivity contribution in [1.82, 2.24) is 20.3 Å². The van der Waals surface area contributed by atoms with Gasteiger partial charge in [-0.1, -0.05) is 23.5 Å². The maximum atomic E-state index is 13.5. The molecule has 0 spiro atoms. The molecule has 1 aliphatic rings. The molecule has 38 heavy (non-hydrogen) atoms. The number of aromatic nitrogens is 3. The molecule has 0 saturated carbocycles. The van der Waals surface area contributed by atoms with E-state index < -0.39 is 11.7 Å². The van der Waals surface area contributed by atoms with Gasteiger partial charge < -0.3 is 20.7 Å². The van der Waals surface area contributed by atoms with Crippen LogP contribution in [0.15, 0.2) is 48.8 Å². The summed E-state index contributed by atoms with van der Waals surface area (Å²) in [5, 5.41) is 9.64. The standard InChI is InChI=1S/C26H25F3N6O2S/c1-15(36)34-25-35-24-21(3-2-4-22(24)38-25)37-23-12-20(32-14-33-23)18-6-5-17(26(27,28)29)11-19(18)31-13-16-7-9-30-10-8-16/h2-6,11-12,14,16,30-31H,7-10,13H2,1H3,(H,34,35,36). The highest BCUT2D eigenvalue weighted by atomic mass is 32.1. The molecule has 1 fully saturated rings. The molecule has 0 unspecified atom stereocenters. The van der Waals surface area contributed by atoms with Gasteiger partial charge in [-0.15, -0.1) is 0 Å². The van der Waals surface area contributed by atoms with Gasteiger partial charge in [0, 0.05) is 30.8 Å². The lowest BCUT2D eigenvalue weighted by atomic mass is 9.97. The summed E-state index contributed by atoms with van der Waals surface area (Å²) >= 11 is 1.31. The Morgan fingerprint density at radius 2 is 1.97 bits per heavy atom. The number of para-hydroxylation sites is 1. The number of ether oxygens (including phenoxy) is 1. The lowest BCUT2D eigenvalue weighted by Crippen LogP contribution is -2.31. The van der Waals surface area contributed by atoms with E-state index in [0.29, 0.717) is 45.8 Å². The second kappa shape index (κ2) is 10.9. The number of fused-ring (bicyclic) bond motifs is 1. The van der Waals surface area contributed by atoms with Gasteiger partial charge in [0.15, 0.2) is 10.9 Å². The average molecular weight is 543 g/mol. The second-order valence-corrected chi connectivity index (χ2v) is 10.0. The van der Waals surface area contributed by atoms with E-state index in [4.69, 9.17) is 4.74 Å². The minimum atomic E-state index is -4.47. The van der Waals surface area contributed by atoms with Crippen LogP contribution >= 0.6 is 11.3 Å². The highest BCUT2D eigenvalue weighted by Gasteiger charge is 2.31. The van der Waals surface area contributed by atoms with Gasteiger partial charge in [0.2, 0.25) is 11.8 Å². The van der Waals surface area contributed by atoms with Gasteiger partial charge in [0.25, 0.3) is 0 Å². The van der Waals surface area contributed by atoms with Crippen LogP contribution < -0.4 is 20.7 Å². The number of anilines is 2. The van der Waals surface area contributed by atoms with Gasteiger partial charge in [-0.2, -0.15) is 13.2 Å². The van der Waals surface area contributed by atoms with Gasteiger partial charge in [-0.3, -0.25) is 4.79 Å². The Bertz CT molecular complexity index is 1450. The first-order valence-corrected chi connectivity index (χ1v) is 12.9. The maximum absolute atomic E-state index is 13.5. The molecule has 12 heteroatoms. The van der Waals surface area contributed by atoms with E-state index in [1.807, 2.05) is 6.07 Å². The number of nitrogens with one attached hydrogen (secondary N) is 3. The summed E-state index contributed by atoms with van der Waals surface area (Å²) in [7, 11) is 0. The number of halogens is 3. The Morgan fingerprint density at radius 1 is 1.16 bits per heavy atom. The third-order valence-electron chi connectivity index (χ3n) is 6.18. The molecule has 1 aliphatic heterocycles. The number of alkyl halides is 3. The van der Waals surface area contributed by atoms with Gasteiger partial charge in [0.05, 0.1) is 16.0 Å². The average Bonchev–Trinajstić information content (AvgIpc) is 3.30. The van der Waals surface area contributed by atoms with Crippen LogP contribution in [0.1, 0.15) is 25.3 Å². The van der Waals surface area contributed by atoms with Crippen LogP contribution in [0.25, 0.3) is 21.5 Å². The maximum Gasteiger partial charge on any atom is 0.416 e. The molecule has 1 amide bonds. The Labute approximate surface area is 220 Å². The van der Waals surface area contributed by atoms with E-state index in [9.17, 15) is 18.0 Å². The van der Waals surface area contributed by atoms with Crippen molar-refractivity contribution < 1.29 is 22.7 Å². The van der Waals surface area contributed by atoms with Crippen molar-refractivity contribution in [2.75, 3.05) is 30.3 Å². The minimum Gasteiger partial charge on any atom is -0.437 e. The molecule has 0 bridgehead atoms. The third kappa shape index (κ3) is 6.03. The molecule has 5 rings (SSSR count). The molecule has 0 aliphatic carbocycles. The molecule has 2 aromatic heterocycles. The number of hydrogen-bond donors (Lipinski definition) is 3. The molecule has 0 radical (unpaired) electrons. The normalized spacial score (nSPS) is 14.4. The Morgan fingerprint density at radius 3 is 2.74 bits per heavy atom. The Kier molecular flexibility index (Phi) is 7.43. The fourth-order valence-corrected chi connectivity index (χ4v) is 5.22. The summed E-state index contributed by atoms with van der Waals surface area (Å²) in [6.45, 7) is 3.76. The second-order valence-electron chi connectivity index (χ2n) is 8.98. The molecule has 3 heterocycles. The quantitative estimate of drug-likeness (QED) is 0.266. The van der Waals surface area contributed by atoms with Crippen LogP contribution in [0.4, 0.5) is 24.0 Å². The number of thiazole rings is 1. The summed E-state index contributed by atoms with van der Waals surface area (Å²) in [6.07, 6.45) is -1.24. The van der Waals surface area contributed by atoms with E-state index in [2.05, 4.69) is 30.9 Å². The minimum absolute atomic E-state index is 0.209. The molecule has 8 nitrogen and oxygen atoms in total. The van der Waals surface area contributed by atoms with Crippen molar-refractivity contribution in [3.63, 3.8) is 0 Å². The van der Waals surface area contributed by atoms with Gasteiger partial charge in [0.1, 0.15) is 11.8 Å². The Hall–Kier alpha value is -3.77. The molecule has 198 valence electrons. The van der Waals surface area contributed by atoms with E-state index in [1.165, 1.54) is 30.7 Å². The number of carbonyl (C=O) groups excluding carboxylic acids is 1. The van der Waals surface area contributed by atoms with Crippen LogP contribution in [-0.2, 0) is 11.0 Å².